The first kappa shape index (κ1) is 33.5. The Kier molecular flexibility index (Phi) is 11.1. The van der Waals surface area contributed by atoms with Crippen LogP contribution >= 0.6 is 22.7 Å². The summed E-state index contributed by atoms with van der Waals surface area (Å²) in [4.78, 5) is 49.1. The smallest absolute Gasteiger partial charge is 0.411 e. The van der Waals surface area contributed by atoms with Crippen molar-refractivity contribution in [1.82, 2.24) is 10.2 Å². The summed E-state index contributed by atoms with van der Waals surface area (Å²) in [6.45, 7) is 4.04. The number of benzene rings is 2. The predicted octanol–water partition coefficient (Wildman–Crippen LogP) is 6.52. The van der Waals surface area contributed by atoms with Crippen LogP contribution in [0.25, 0.3) is 20.9 Å². The number of amides is 2. The van der Waals surface area contributed by atoms with Crippen LogP contribution in [0.1, 0.15) is 0 Å². The molecular formula is C31H32N6O8S2. The summed E-state index contributed by atoms with van der Waals surface area (Å²) in [5.41, 5.74) is 1.58. The molecule has 0 bridgehead atoms. The van der Waals surface area contributed by atoms with Gasteiger partial charge in [0.2, 0.25) is 0 Å². The second kappa shape index (κ2) is 15.6. The van der Waals surface area contributed by atoms with E-state index in [-0.39, 0.29) is 22.7 Å². The average Bonchev–Trinajstić information content (AvgIpc) is 3.74. The van der Waals surface area contributed by atoms with Crippen LogP contribution < -0.4 is 16.0 Å². The van der Waals surface area contributed by atoms with E-state index in [2.05, 4.69) is 20.9 Å². The maximum absolute atomic E-state index is 11.9. The van der Waals surface area contributed by atoms with Crippen molar-refractivity contribution in [2.75, 3.05) is 57.1 Å². The number of hydrogen-bond donors (Lipinski definition) is 3. The van der Waals surface area contributed by atoms with Gasteiger partial charge >= 0.3 is 12.2 Å². The molecule has 0 saturated carbocycles. The summed E-state index contributed by atoms with van der Waals surface area (Å²) < 4.78 is 10.3. The van der Waals surface area contributed by atoms with Gasteiger partial charge in [-0.2, -0.15) is 0 Å². The first-order valence-corrected chi connectivity index (χ1v) is 16.3. The van der Waals surface area contributed by atoms with Gasteiger partial charge in [-0.15, -0.1) is 22.7 Å². The fourth-order valence-corrected chi connectivity index (χ4v) is 6.31. The fourth-order valence-electron chi connectivity index (χ4n) is 4.86. The number of carbonyl (C=O) groups is 2. The SMILES string of the molecule is CN1CC(COC(=O)Nc2cc(-c3cccs3)ccc2[N+](=O)[O-])C1.O=C(Nc1cc(-c2cccs2)ccc1[N+](=O)[O-])OCC1CNC1. The third-order valence-electron chi connectivity index (χ3n) is 7.38. The second-order valence-corrected chi connectivity index (χ2v) is 12.9. The highest BCUT2D eigenvalue weighted by atomic mass is 32.1. The molecule has 2 aromatic heterocycles. The molecule has 2 aromatic carbocycles. The van der Waals surface area contributed by atoms with Gasteiger partial charge in [-0.25, -0.2) is 9.59 Å². The molecule has 2 amide bonds. The first-order chi connectivity index (χ1) is 22.7. The summed E-state index contributed by atoms with van der Waals surface area (Å²) in [5.74, 6) is 0.640. The van der Waals surface area contributed by atoms with Crippen LogP contribution in [0.5, 0.6) is 0 Å². The van der Waals surface area contributed by atoms with Gasteiger partial charge in [0.05, 0.1) is 23.1 Å². The lowest BCUT2D eigenvalue weighted by Gasteiger charge is -2.35. The molecule has 2 aliphatic heterocycles. The molecule has 4 heterocycles. The first-order valence-electron chi connectivity index (χ1n) is 14.6. The summed E-state index contributed by atoms with van der Waals surface area (Å²) in [6.07, 6.45) is -1.35. The Labute approximate surface area is 277 Å². The van der Waals surface area contributed by atoms with Crippen molar-refractivity contribution in [3.05, 3.63) is 91.7 Å². The summed E-state index contributed by atoms with van der Waals surface area (Å²) in [6, 6.07) is 16.9. The fraction of sp³-hybridized carbons (Fsp3) is 0.290. The lowest BCUT2D eigenvalue weighted by atomic mass is 10.0. The Hall–Kier alpha value is -4.90. The number of rotatable bonds is 10. The lowest BCUT2D eigenvalue weighted by molar-refractivity contribution is -0.384. The monoisotopic (exact) mass is 680 g/mol. The summed E-state index contributed by atoms with van der Waals surface area (Å²) in [7, 11) is 2.00. The van der Waals surface area contributed by atoms with Crippen molar-refractivity contribution in [3.63, 3.8) is 0 Å². The van der Waals surface area contributed by atoms with Gasteiger partial charge in [0.1, 0.15) is 11.4 Å². The van der Waals surface area contributed by atoms with E-state index in [4.69, 9.17) is 9.47 Å². The predicted molar refractivity (Wildman–Crippen MR) is 180 cm³/mol. The van der Waals surface area contributed by atoms with Gasteiger partial charge in [0, 0.05) is 59.9 Å². The van der Waals surface area contributed by atoms with Crippen molar-refractivity contribution in [2.45, 2.75) is 0 Å². The van der Waals surface area contributed by atoms with Gasteiger partial charge in [-0.3, -0.25) is 30.9 Å². The molecule has 2 fully saturated rings. The molecule has 0 aliphatic carbocycles. The third-order valence-corrected chi connectivity index (χ3v) is 9.22. The zero-order valence-corrected chi connectivity index (χ0v) is 26.9. The Balaban J connectivity index is 0.000000185. The number of likely N-dealkylation sites (tertiary alicyclic amines) is 1. The van der Waals surface area contributed by atoms with Crippen molar-refractivity contribution >= 4 is 57.6 Å². The lowest BCUT2D eigenvalue weighted by Crippen LogP contribution is -2.46. The molecule has 0 radical (unpaired) electrons. The molecular weight excluding hydrogens is 649 g/mol. The highest BCUT2D eigenvalue weighted by Crippen LogP contribution is 2.34. The zero-order valence-electron chi connectivity index (χ0n) is 25.2. The molecule has 246 valence electrons. The minimum Gasteiger partial charge on any atom is -0.449 e. The van der Waals surface area contributed by atoms with Gasteiger partial charge < -0.3 is 19.7 Å². The number of hydrogen-bond acceptors (Lipinski definition) is 12. The van der Waals surface area contributed by atoms with E-state index in [0.29, 0.717) is 25.0 Å². The Bertz CT molecular complexity index is 1710. The van der Waals surface area contributed by atoms with Crippen molar-refractivity contribution in [2.24, 2.45) is 11.8 Å². The third kappa shape index (κ3) is 9.10. The molecule has 14 nitrogen and oxygen atoms in total. The summed E-state index contributed by atoms with van der Waals surface area (Å²) >= 11 is 3.05. The van der Waals surface area contributed by atoms with Gasteiger partial charge in [-0.05, 0) is 65.3 Å². The van der Waals surface area contributed by atoms with E-state index >= 15 is 0 Å². The molecule has 0 spiro atoms. The van der Waals surface area contributed by atoms with Crippen LogP contribution in [0, 0.1) is 32.1 Å². The number of nitrogens with one attached hydrogen (secondary N) is 3. The quantitative estimate of drug-likeness (QED) is 0.123. The average molecular weight is 681 g/mol. The van der Waals surface area contributed by atoms with Crippen LogP contribution in [0.3, 0.4) is 0 Å². The molecule has 2 aliphatic rings. The molecule has 3 N–H and O–H groups in total. The van der Waals surface area contributed by atoms with E-state index in [1.54, 1.807) is 24.3 Å². The van der Waals surface area contributed by atoms with Gasteiger partial charge in [0.25, 0.3) is 11.4 Å². The van der Waals surface area contributed by atoms with Crippen molar-refractivity contribution in [1.29, 1.82) is 0 Å². The van der Waals surface area contributed by atoms with Crippen LogP contribution in [-0.4, -0.2) is 73.4 Å². The van der Waals surface area contributed by atoms with Gasteiger partial charge in [-0.1, -0.05) is 12.1 Å². The van der Waals surface area contributed by atoms with Crippen LogP contribution in [0.4, 0.5) is 32.3 Å². The minimum absolute atomic E-state index is 0.137. The van der Waals surface area contributed by atoms with E-state index in [9.17, 15) is 29.8 Å². The minimum atomic E-state index is -0.677. The highest BCUT2D eigenvalue weighted by molar-refractivity contribution is 7.13. The Morgan fingerprint density at radius 1 is 0.809 bits per heavy atom. The zero-order chi connectivity index (χ0) is 33.3. The van der Waals surface area contributed by atoms with E-state index < -0.39 is 22.0 Å². The number of nitro groups is 2. The second-order valence-electron chi connectivity index (χ2n) is 11.0. The van der Waals surface area contributed by atoms with E-state index in [1.165, 1.54) is 34.8 Å². The Morgan fingerprint density at radius 3 is 1.64 bits per heavy atom. The Morgan fingerprint density at radius 2 is 1.28 bits per heavy atom. The molecule has 0 atom stereocenters. The number of anilines is 2. The molecule has 6 rings (SSSR count). The standard InChI is InChI=1S/C16H17N3O4S.C15H15N3O4S/c1-18-8-11(9-18)10-23-16(20)17-13-7-12(15-3-2-6-24-15)4-5-14(13)19(21)22;19-15(22-9-10-7-16-8-10)17-12-6-11(14-2-1-5-23-14)3-4-13(12)18(20)21/h2-7,11H,8-10H2,1H3,(H,17,20);1-6,10,16H,7-9H2,(H,17,19). The van der Waals surface area contributed by atoms with Crippen molar-refractivity contribution < 1.29 is 28.9 Å². The molecule has 16 heteroatoms. The van der Waals surface area contributed by atoms with Crippen LogP contribution in [0.2, 0.25) is 0 Å². The molecule has 47 heavy (non-hydrogen) atoms. The van der Waals surface area contributed by atoms with Crippen LogP contribution in [-0.2, 0) is 9.47 Å². The molecule has 0 unspecified atom stereocenters. The maximum Gasteiger partial charge on any atom is 0.411 e. The number of ether oxygens (including phenoxy) is 2. The van der Waals surface area contributed by atoms with Crippen LogP contribution in [0.15, 0.2) is 71.4 Å². The molecule has 4 aromatic rings. The summed E-state index contributed by atoms with van der Waals surface area (Å²) in [5, 5.41) is 34.2. The van der Waals surface area contributed by atoms with E-state index in [0.717, 1.165) is 47.1 Å². The number of thiophene rings is 2. The van der Waals surface area contributed by atoms with Gasteiger partial charge in [0.15, 0.2) is 0 Å². The van der Waals surface area contributed by atoms with E-state index in [1.807, 2.05) is 42.1 Å². The number of nitro benzene ring substituents is 2. The highest BCUT2D eigenvalue weighted by Gasteiger charge is 2.25. The maximum atomic E-state index is 11.9. The molecule has 2 saturated heterocycles. The normalized spacial score (nSPS) is 14.5. The largest absolute Gasteiger partial charge is 0.449 e. The topological polar surface area (TPSA) is 178 Å². The van der Waals surface area contributed by atoms with Crippen molar-refractivity contribution in [3.8, 4) is 20.9 Å². The number of nitrogens with zero attached hydrogens (tertiary/aromatic N) is 3. The number of carbonyl (C=O) groups excluding carboxylic acids is 2.